The molecule has 0 saturated carbocycles. The minimum absolute atomic E-state index is 0.813. The van der Waals surface area contributed by atoms with Crippen LogP contribution in [0.3, 0.4) is 0 Å². The van der Waals surface area contributed by atoms with Crippen molar-refractivity contribution in [3.63, 3.8) is 0 Å². The lowest BCUT2D eigenvalue weighted by Gasteiger charge is -2.12. The van der Waals surface area contributed by atoms with E-state index in [2.05, 4.69) is 69.1 Å². The standard InChI is InChI=1S/C25H26N2O/c1-6-19-15(2)23(26-17(19)4)22(18-11-8-7-9-12-18)24-16(3)20-13-10-14-21(28-5)25(20)27-24/h7-14,26H,6H2,1-5H3/b24-22+. The summed E-state index contributed by atoms with van der Waals surface area (Å²) < 4.78 is 5.57. The molecule has 1 aliphatic heterocycles. The van der Waals surface area contributed by atoms with Crippen LogP contribution >= 0.6 is 0 Å². The molecule has 0 radical (unpaired) electrons. The fourth-order valence-corrected chi connectivity index (χ4v) is 4.25. The number of allylic oxidation sites excluding steroid dienone is 1. The number of H-pyrrole nitrogens is 1. The largest absolute Gasteiger partial charge is 0.494 e. The van der Waals surface area contributed by atoms with Gasteiger partial charge in [-0.2, -0.15) is 0 Å². The maximum Gasteiger partial charge on any atom is 0.145 e. The van der Waals surface area contributed by atoms with Crippen LogP contribution in [0.5, 0.6) is 5.75 Å². The number of fused-ring (bicyclic) bond motifs is 1. The van der Waals surface area contributed by atoms with Crippen LogP contribution in [0, 0.1) is 13.8 Å². The molecule has 0 amide bonds. The lowest BCUT2D eigenvalue weighted by molar-refractivity contribution is 0.409. The zero-order chi connectivity index (χ0) is 19.8. The van der Waals surface area contributed by atoms with Crippen LogP contribution in [0.15, 0.2) is 59.2 Å². The number of hydrogen-bond donors (Lipinski definition) is 1. The average molecular weight is 370 g/mol. The topological polar surface area (TPSA) is 37.4 Å². The van der Waals surface area contributed by atoms with Gasteiger partial charge < -0.3 is 9.72 Å². The summed E-state index contributed by atoms with van der Waals surface area (Å²) in [7, 11) is 1.70. The summed E-state index contributed by atoms with van der Waals surface area (Å²) >= 11 is 0. The van der Waals surface area contributed by atoms with Crippen LogP contribution in [0.1, 0.15) is 41.9 Å². The number of aromatic amines is 1. The Morgan fingerprint density at radius 2 is 1.75 bits per heavy atom. The van der Waals surface area contributed by atoms with Gasteiger partial charge in [0.25, 0.3) is 0 Å². The predicted octanol–water partition coefficient (Wildman–Crippen LogP) is 4.47. The van der Waals surface area contributed by atoms with Gasteiger partial charge in [-0.15, -0.1) is 0 Å². The number of para-hydroxylation sites is 1. The first-order valence-corrected chi connectivity index (χ1v) is 9.77. The Balaban J connectivity index is 2.10. The van der Waals surface area contributed by atoms with Crippen LogP contribution in [0.2, 0.25) is 0 Å². The number of ether oxygens (including phenoxy) is 1. The average Bonchev–Trinajstić information content (AvgIpc) is 3.19. The van der Waals surface area contributed by atoms with Gasteiger partial charge in [0.1, 0.15) is 11.1 Å². The van der Waals surface area contributed by atoms with E-state index in [0.717, 1.165) is 39.7 Å². The van der Waals surface area contributed by atoms with Crippen molar-refractivity contribution in [2.75, 3.05) is 7.11 Å². The number of benzene rings is 2. The molecule has 3 aromatic rings. The number of nitrogens with zero attached hydrogens (tertiary/aromatic N) is 1. The molecule has 1 aliphatic rings. The van der Waals surface area contributed by atoms with Crippen LogP contribution in [0.4, 0.5) is 0 Å². The molecule has 2 heterocycles. The van der Waals surface area contributed by atoms with Crippen LogP contribution in [-0.4, -0.2) is 12.1 Å². The molecular formula is C25H26N2O. The third-order valence-corrected chi connectivity index (χ3v) is 5.70. The summed E-state index contributed by atoms with van der Waals surface area (Å²) in [6, 6.07) is 16.7. The zero-order valence-corrected chi connectivity index (χ0v) is 17.2. The van der Waals surface area contributed by atoms with Gasteiger partial charge >= 0.3 is 0 Å². The number of aryl methyl sites for hydroxylation is 1. The van der Waals surface area contributed by atoms with Gasteiger partial charge in [0.2, 0.25) is 0 Å². The minimum atomic E-state index is 0.813. The minimum Gasteiger partial charge on any atom is -0.494 e. The molecule has 0 bridgehead atoms. The molecular weight excluding hydrogens is 344 g/mol. The molecule has 0 saturated heterocycles. The normalized spacial score (nSPS) is 14.7. The Hall–Kier alpha value is -3.07. The quantitative estimate of drug-likeness (QED) is 0.723. The van der Waals surface area contributed by atoms with E-state index in [4.69, 9.17) is 9.73 Å². The van der Waals surface area contributed by atoms with Gasteiger partial charge in [0.05, 0.1) is 18.5 Å². The first-order chi connectivity index (χ1) is 13.6. The Labute approximate surface area is 166 Å². The van der Waals surface area contributed by atoms with E-state index in [1.165, 1.54) is 28.0 Å². The molecule has 3 heteroatoms. The van der Waals surface area contributed by atoms with Crippen molar-refractivity contribution in [2.45, 2.75) is 34.1 Å². The predicted molar refractivity (Wildman–Crippen MR) is 115 cm³/mol. The third kappa shape index (κ3) is 2.78. The highest BCUT2D eigenvalue weighted by Crippen LogP contribution is 2.35. The molecule has 4 rings (SSSR count). The molecule has 28 heavy (non-hydrogen) atoms. The highest BCUT2D eigenvalue weighted by molar-refractivity contribution is 5.91. The zero-order valence-electron chi connectivity index (χ0n) is 17.2. The molecule has 0 spiro atoms. The lowest BCUT2D eigenvalue weighted by atomic mass is 9.94. The van der Waals surface area contributed by atoms with Gasteiger partial charge in [0.15, 0.2) is 0 Å². The number of hydrogen-bond acceptors (Lipinski definition) is 2. The van der Waals surface area contributed by atoms with E-state index in [-0.39, 0.29) is 0 Å². The molecule has 1 N–H and O–H groups in total. The highest BCUT2D eigenvalue weighted by Gasteiger charge is 2.22. The maximum atomic E-state index is 5.57. The van der Waals surface area contributed by atoms with E-state index in [1.54, 1.807) is 7.11 Å². The number of rotatable bonds is 4. The molecule has 0 fully saturated rings. The molecule has 1 aromatic heterocycles. The van der Waals surface area contributed by atoms with Crippen molar-refractivity contribution in [2.24, 2.45) is 4.99 Å². The van der Waals surface area contributed by atoms with Crippen molar-refractivity contribution in [3.8, 4) is 5.75 Å². The van der Waals surface area contributed by atoms with Crippen molar-refractivity contribution >= 4 is 11.1 Å². The summed E-state index contributed by atoms with van der Waals surface area (Å²) in [6.07, 6.45) is 1.01. The Kier molecular flexibility index (Phi) is 4.68. The second kappa shape index (κ2) is 7.16. The SMILES string of the molecule is CCc1c(C)[nH]c(/C(=C2/N=c3c(OC)cccc3=C2C)c2ccccc2)c1C. The van der Waals surface area contributed by atoms with Crippen molar-refractivity contribution < 1.29 is 4.74 Å². The first kappa shape index (κ1) is 18.3. The van der Waals surface area contributed by atoms with Gasteiger partial charge in [0, 0.05) is 16.5 Å². The van der Waals surface area contributed by atoms with Crippen LogP contribution in [-0.2, 0) is 6.42 Å². The first-order valence-electron chi connectivity index (χ1n) is 9.77. The van der Waals surface area contributed by atoms with Crippen molar-refractivity contribution in [3.05, 3.63) is 92.9 Å². The molecule has 142 valence electrons. The molecule has 3 nitrogen and oxygen atoms in total. The number of aromatic nitrogens is 1. The monoisotopic (exact) mass is 370 g/mol. The van der Waals surface area contributed by atoms with E-state index >= 15 is 0 Å². The fourth-order valence-electron chi connectivity index (χ4n) is 4.25. The van der Waals surface area contributed by atoms with Gasteiger partial charge in [-0.3, -0.25) is 0 Å². The summed E-state index contributed by atoms with van der Waals surface area (Å²) in [5.41, 5.74) is 9.58. The van der Waals surface area contributed by atoms with E-state index in [1.807, 2.05) is 12.1 Å². The second-order valence-electron chi connectivity index (χ2n) is 7.26. The number of nitrogens with one attached hydrogen (secondary N) is 1. The smallest absolute Gasteiger partial charge is 0.145 e. The lowest BCUT2D eigenvalue weighted by Crippen LogP contribution is -2.24. The summed E-state index contributed by atoms with van der Waals surface area (Å²) in [5, 5.41) is 2.06. The van der Waals surface area contributed by atoms with E-state index < -0.39 is 0 Å². The summed E-state index contributed by atoms with van der Waals surface area (Å²) in [4.78, 5) is 8.71. The molecule has 0 unspecified atom stereocenters. The van der Waals surface area contributed by atoms with Gasteiger partial charge in [-0.25, -0.2) is 4.99 Å². The molecule has 0 atom stereocenters. The van der Waals surface area contributed by atoms with E-state index in [9.17, 15) is 0 Å². The van der Waals surface area contributed by atoms with Crippen LogP contribution in [0.25, 0.3) is 11.1 Å². The van der Waals surface area contributed by atoms with E-state index in [0.29, 0.717) is 0 Å². The fraction of sp³-hybridized carbons (Fsp3) is 0.240. The Bertz CT molecular complexity index is 1200. The summed E-state index contributed by atoms with van der Waals surface area (Å²) in [5.74, 6) is 0.813. The van der Waals surface area contributed by atoms with Crippen molar-refractivity contribution in [1.82, 2.24) is 4.98 Å². The Morgan fingerprint density at radius 3 is 2.39 bits per heavy atom. The third-order valence-electron chi connectivity index (χ3n) is 5.70. The molecule has 0 aliphatic carbocycles. The summed E-state index contributed by atoms with van der Waals surface area (Å²) in [6.45, 7) is 8.72. The van der Waals surface area contributed by atoms with Crippen molar-refractivity contribution in [1.29, 1.82) is 0 Å². The van der Waals surface area contributed by atoms with Crippen LogP contribution < -0.4 is 15.3 Å². The highest BCUT2D eigenvalue weighted by atomic mass is 16.5. The van der Waals surface area contributed by atoms with Gasteiger partial charge in [-0.05, 0) is 55.5 Å². The molecule has 2 aromatic carbocycles. The number of methoxy groups -OCH3 is 1. The van der Waals surface area contributed by atoms with Gasteiger partial charge in [-0.1, -0.05) is 49.4 Å². The Morgan fingerprint density at radius 1 is 1.00 bits per heavy atom. The maximum absolute atomic E-state index is 5.57. The second-order valence-corrected chi connectivity index (χ2v) is 7.26.